The minimum absolute atomic E-state index is 0.137. The lowest BCUT2D eigenvalue weighted by Crippen LogP contribution is -1.90. The number of aliphatic hydroxyl groups is 1. The Bertz CT molecular complexity index is 280. The first-order chi connectivity index (χ1) is 6.25. The lowest BCUT2D eigenvalue weighted by molar-refractivity contribution is 0.322. The molecule has 0 aliphatic carbocycles. The second-order valence-electron chi connectivity index (χ2n) is 2.49. The molecule has 4 heteroatoms. The molecular weight excluding hydrogens is 211 g/mol. The normalized spacial score (nSPS) is 10.4. The third-order valence-corrected chi connectivity index (χ3v) is 2.93. The number of aliphatic hydroxyl groups excluding tert-OH is 1. The molecule has 13 heavy (non-hydrogen) atoms. The van der Waals surface area contributed by atoms with Gasteiger partial charge in [-0.1, -0.05) is 23.7 Å². The third kappa shape index (κ3) is 3.18. The van der Waals surface area contributed by atoms with Gasteiger partial charge in [-0.05, 0) is 11.6 Å². The van der Waals surface area contributed by atoms with E-state index in [9.17, 15) is 4.39 Å². The molecular formula is C9H10ClFOS. The number of halogens is 2. The Kier molecular flexibility index (Phi) is 4.56. The van der Waals surface area contributed by atoms with Crippen molar-refractivity contribution in [3.63, 3.8) is 0 Å². The van der Waals surface area contributed by atoms with Gasteiger partial charge in [-0.25, -0.2) is 4.39 Å². The van der Waals surface area contributed by atoms with Crippen molar-refractivity contribution in [2.45, 2.75) is 5.75 Å². The largest absolute Gasteiger partial charge is 0.396 e. The zero-order chi connectivity index (χ0) is 9.68. The van der Waals surface area contributed by atoms with Crippen molar-refractivity contribution < 1.29 is 9.50 Å². The monoisotopic (exact) mass is 220 g/mol. The van der Waals surface area contributed by atoms with Crippen LogP contribution in [0.5, 0.6) is 0 Å². The molecule has 0 bridgehead atoms. The van der Waals surface area contributed by atoms with Crippen LogP contribution in [0.1, 0.15) is 5.56 Å². The Morgan fingerprint density at radius 3 is 2.92 bits per heavy atom. The molecule has 0 aliphatic heterocycles. The topological polar surface area (TPSA) is 20.2 Å². The van der Waals surface area contributed by atoms with E-state index in [1.54, 1.807) is 12.1 Å². The molecule has 0 radical (unpaired) electrons. The van der Waals surface area contributed by atoms with Crippen LogP contribution in [0.25, 0.3) is 0 Å². The van der Waals surface area contributed by atoms with Gasteiger partial charge >= 0.3 is 0 Å². The summed E-state index contributed by atoms with van der Waals surface area (Å²) in [5.41, 5.74) is 0.778. The summed E-state index contributed by atoms with van der Waals surface area (Å²) in [6.45, 7) is 0.137. The fraction of sp³-hybridized carbons (Fsp3) is 0.333. The SMILES string of the molecule is OCCSCc1cccc(F)c1Cl. The Morgan fingerprint density at radius 1 is 1.46 bits per heavy atom. The van der Waals surface area contributed by atoms with Gasteiger partial charge in [-0.3, -0.25) is 0 Å². The first-order valence-electron chi connectivity index (χ1n) is 3.87. The summed E-state index contributed by atoms with van der Waals surface area (Å²) >= 11 is 7.25. The molecule has 0 fully saturated rings. The smallest absolute Gasteiger partial charge is 0.142 e. The first kappa shape index (κ1) is 10.8. The molecule has 0 spiro atoms. The van der Waals surface area contributed by atoms with Crippen LogP contribution in [0.3, 0.4) is 0 Å². The minimum atomic E-state index is -0.385. The van der Waals surface area contributed by atoms with Crippen LogP contribution in [-0.4, -0.2) is 17.5 Å². The maximum atomic E-state index is 12.9. The van der Waals surface area contributed by atoms with Crippen molar-refractivity contribution in [1.29, 1.82) is 0 Å². The second kappa shape index (κ2) is 5.47. The van der Waals surface area contributed by atoms with E-state index in [0.717, 1.165) is 5.56 Å². The van der Waals surface area contributed by atoms with Crippen LogP contribution < -0.4 is 0 Å². The first-order valence-corrected chi connectivity index (χ1v) is 5.40. The zero-order valence-corrected chi connectivity index (χ0v) is 8.54. The number of hydrogen-bond acceptors (Lipinski definition) is 2. The summed E-state index contributed by atoms with van der Waals surface area (Å²) in [7, 11) is 0. The third-order valence-electron chi connectivity index (χ3n) is 1.52. The average molecular weight is 221 g/mol. The fourth-order valence-corrected chi connectivity index (χ4v) is 1.91. The lowest BCUT2D eigenvalue weighted by Gasteiger charge is -2.03. The van der Waals surface area contributed by atoms with Gasteiger partial charge < -0.3 is 5.11 Å². The van der Waals surface area contributed by atoms with E-state index < -0.39 is 0 Å². The number of rotatable bonds is 4. The van der Waals surface area contributed by atoms with Crippen LogP contribution in [0.4, 0.5) is 4.39 Å². The summed E-state index contributed by atoms with van der Waals surface area (Å²) in [6, 6.07) is 4.76. The molecule has 1 N–H and O–H groups in total. The molecule has 1 aromatic carbocycles. The van der Waals surface area contributed by atoms with E-state index in [1.807, 2.05) is 0 Å². The molecule has 1 rings (SSSR count). The molecule has 72 valence electrons. The van der Waals surface area contributed by atoms with Crippen molar-refractivity contribution in [2.24, 2.45) is 0 Å². The van der Waals surface area contributed by atoms with Crippen molar-refractivity contribution in [3.05, 3.63) is 34.6 Å². The predicted octanol–water partition coefficient (Wildman–Crippen LogP) is 2.70. The Hall–Kier alpha value is -0.250. The van der Waals surface area contributed by atoms with Crippen molar-refractivity contribution >= 4 is 23.4 Å². The molecule has 1 aromatic rings. The highest BCUT2D eigenvalue weighted by molar-refractivity contribution is 7.98. The summed E-state index contributed by atoms with van der Waals surface area (Å²) < 4.78 is 12.9. The molecule has 0 atom stereocenters. The van der Waals surface area contributed by atoms with Crippen molar-refractivity contribution in [1.82, 2.24) is 0 Å². The average Bonchev–Trinajstić information content (AvgIpc) is 2.13. The maximum absolute atomic E-state index is 12.9. The Balaban J connectivity index is 2.61. The van der Waals surface area contributed by atoms with Crippen LogP contribution >= 0.6 is 23.4 Å². The Labute approximate surface area is 85.9 Å². The van der Waals surface area contributed by atoms with Gasteiger partial charge in [0.05, 0.1) is 11.6 Å². The maximum Gasteiger partial charge on any atom is 0.142 e. The number of thioether (sulfide) groups is 1. The van der Waals surface area contributed by atoms with Gasteiger partial charge in [0.1, 0.15) is 5.82 Å². The van der Waals surface area contributed by atoms with Crippen molar-refractivity contribution in [2.75, 3.05) is 12.4 Å². The lowest BCUT2D eigenvalue weighted by atomic mass is 10.2. The second-order valence-corrected chi connectivity index (χ2v) is 3.97. The van der Waals surface area contributed by atoms with Crippen LogP contribution in [0, 0.1) is 5.82 Å². The van der Waals surface area contributed by atoms with Gasteiger partial charge in [0.15, 0.2) is 0 Å². The number of benzene rings is 1. The summed E-state index contributed by atoms with van der Waals surface area (Å²) in [6.07, 6.45) is 0. The highest BCUT2D eigenvalue weighted by atomic mass is 35.5. The zero-order valence-electron chi connectivity index (χ0n) is 6.96. The van der Waals surface area contributed by atoms with Gasteiger partial charge in [-0.15, -0.1) is 0 Å². The van der Waals surface area contributed by atoms with E-state index in [1.165, 1.54) is 17.8 Å². The van der Waals surface area contributed by atoms with Crippen LogP contribution in [0.2, 0.25) is 5.02 Å². The van der Waals surface area contributed by atoms with E-state index >= 15 is 0 Å². The van der Waals surface area contributed by atoms with Crippen LogP contribution in [-0.2, 0) is 5.75 Å². The van der Waals surface area contributed by atoms with Gasteiger partial charge in [-0.2, -0.15) is 11.8 Å². The molecule has 0 aliphatic rings. The van der Waals surface area contributed by atoms with E-state index in [-0.39, 0.29) is 17.4 Å². The summed E-state index contributed by atoms with van der Waals surface area (Å²) in [5, 5.41) is 8.73. The number of hydrogen-bond donors (Lipinski definition) is 1. The van der Waals surface area contributed by atoms with Crippen molar-refractivity contribution in [3.8, 4) is 0 Å². The Morgan fingerprint density at radius 2 is 2.23 bits per heavy atom. The highest BCUT2D eigenvalue weighted by Crippen LogP contribution is 2.23. The molecule has 0 saturated carbocycles. The summed E-state index contributed by atoms with van der Waals surface area (Å²) in [4.78, 5) is 0. The van der Waals surface area contributed by atoms with Gasteiger partial charge in [0.25, 0.3) is 0 Å². The van der Waals surface area contributed by atoms with Gasteiger partial charge in [0.2, 0.25) is 0 Å². The fourth-order valence-electron chi connectivity index (χ4n) is 0.907. The highest BCUT2D eigenvalue weighted by Gasteiger charge is 2.04. The van der Waals surface area contributed by atoms with Gasteiger partial charge in [0, 0.05) is 11.5 Å². The van der Waals surface area contributed by atoms with E-state index in [4.69, 9.17) is 16.7 Å². The van der Waals surface area contributed by atoms with E-state index in [2.05, 4.69) is 0 Å². The van der Waals surface area contributed by atoms with E-state index in [0.29, 0.717) is 11.5 Å². The molecule has 1 nitrogen and oxygen atoms in total. The predicted molar refractivity (Wildman–Crippen MR) is 54.7 cm³/mol. The quantitative estimate of drug-likeness (QED) is 0.788. The molecule has 0 aromatic heterocycles. The standard InChI is InChI=1S/C9H10ClFOS/c10-9-7(6-13-5-4-12)2-1-3-8(9)11/h1-3,12H,4-6H2. The van der Waals surface area contributed by atoms with Crippen LogP contribution in [0.15, 0.2) is 18.2 Å². The molecule has 0 saturated heterocycles. The summed E-state index contributed by atoms with van der Waals surface area (Å²) in [5.74, 6) is 0.896. The molecule has 0 heterocycles. The minimum Gasteiger partial charge on any atom is -0.396 e. The molecule has 0 amide bonds. The molecule has 0 unspecified atom stereocenters.